The topological polar surface area (TPSA) is 17.1 Å². The second kappa shape index (κ2) is 10.6. The van der Waals surface area contributed by atoms with Crippen molar-refractivity contribution in [1.29, 1.82) is 0 Å². The molecule has 0 bridgehead atoms. The lowest BCUT2D eigenvalue weighted by Gasteiger charge is -2.14. The molecule has 1 heteroatoms. The summed E-state index contributed by atoms with van der Waals surface area (Å²) < 4.78 is 0. The largest absolute Gasteiger partial charge is 0.294 e. The van der Waals surface area contributed by atoms with Gasteiger partial charge in [0.15, 0.2) is 5.78 Å². The molecule has 0 N–H and O–H groups in total. The quantitative estimate of drug-likeness (QED) is 0.349. The minimum absolute atomic E-state index is 0.218. The summed E-state index contributed by atoms with van der Waals surface area (Å²) >= 11 is 0. The van der Waals surface area contributed by atoms with Crippen molar-refractivity contribution in [3.63, 3.8) is 0 Å². The molecule has 0 spiro atoms. The predicted octanol–water partition coefficient (Wildman–Crippen LogP) is 6.21. The number of Topliss-reactive ketones (excluding diaryl/α,β-unsaturated/α-hetero) is 1. The molecule has 0 amide bonds. The first-order valence-corrected chi connectivity index (χ1v) is 8.86. The predicted molar refractivity (Wildman–Crippen MR) is 91.9 cm³/mol. The highest BCUT2D eigenvalue weighted by molar-refractivity contribution is 5.97. The van der Waals surface area contributed by atoms with E-state index in [1.807, 2.05) is 12.1 Å². The van der Waals surface area contributed by atoms with Gasteiger partial charge in [-0.15, -0.1) is 0 Å². The van der Waals surface area contributed by atoms with E-state index < -0.39 is 0 Å². The van der Waals surface area contributed by atoms with Crippen molar-refractivity contribution in [2.24, 2.45) is 5.92 Å². The van der Waals surface area contributed by atoms with Gasteiger partial charge >= 0.3 is 0 Å². The normalized spacial score (nSPS) is 11.0. The zero-order valence-electron chi connectivity index (χ0n) is 14.2. The van der Waals surface area contributed by atoms with Crippen LogP contribution in [-0.2, 0) is 6.42 Å². The van der Waals surface area contributed by atoms with Gasteiger partial charge in [-0.2, -0.15) is 0 Å². The third kappa shape index (κ3) is 6.46. The Morgan fingerprint density at radius 2 is 1.48 bits per heavy atom. The minimum atomic E-state index is 0.218. The van der Waals surface area contributed by atoms with Crippen LogP contribution >= 0.6 is 0 Å². The average Bonchev–Trinajstić information content (AvgIpc) is 2.51. The summed E-state index contributed by atoms with van der Waals surface area (Å²) in [5.74, 6) is 0.562. The van der Waals surface area contributed by atoms with Crippen molar-refractivity contribution < 1.29 is 4.79 Å². The van der Waals surface area contributed by atoms with Crippen LogP contribution in [0.25, 0.3) is 0 Å². The molecular formula is C20H32O. The zero-order chi connectivity index (χ0) is 15.5. The third-order valence-electron chi connectivity index (χ3n) is 4.20. The summed E-state index contributed by atoms with van der Waals surface area (Å²) in [5, 5.41) is 0. The van der Waals surface area contributed by atoms with Gasteiger partial charge in [0.05, 0.1) is 0 Å². The van der Waals surface area contributed by atoms with Gasteiger partial charge in [0, 0.05) is 11.5 Å². The Labute approximate surface area is 131 Å². The Kier molecular flexibility index (Phi) is 9.05. The molecule has 0 aromatic heterocycles. The second-order valence-corrected chi connectivity index (χ2v) is 6.15. The number of unbranched alkanes of at least 4 members (excludes halogenated alkanes) is 3. The lowest BCUT2D eigenvalue weighted by molar-refractivity contribution is 0.0905. The molecular weight excluding hydrogens is 256 g/mol. The molecule has 1 nitrogen and oxygen atoms in total. The fourth-order valence-electron chi connectivity index (χ4n) is 2.93. The fraction of sp³-hybridized carbons (Fsp3) is 0.650. The van der Waals surface area contributed by atoms with Gasteiger partial charge in [-0.05, 0) is 31.2 Å². The van der Waals surface area contributed by atoms with Gasteiger partial charge < -0.3 is 0 Å². The van der Waals surface area contributed by atoms with Gasteiger partial charge in [0.25, 0.3) is 0 Å². The first-order chi connectivity index (χ1) is 10.2. The lowest BCUT2D eigenvalue weighted by atomic mass is 9.89. The molecule has 0 saturated heterocycles. The molecule has 0 saturated carbocycles. The van der Waals surface area contributed by atoms with Crippen molar-refractivity contribution in [3.8, 4) is 0 Å². The monoisotopic (exact) mass is 288 g/mol. The summed E-state index contributed by atoms with van der Waals surface area (Å²) in [4.78, 5) is 12.5. The van der Waals surface area contributed by atoms with Crippen LogP contribution in [0.1, 0.15) is 88.1 Å². The molecule has 1 rings (SSSR count). The standard InChI is InChI=1S/C20H32O/c1-4-7-8-9-12-17-13-15-19(16-14-17)20(21)18(10-5-2)11-6-3/h13-16,18H,4-12H2,1-3H3. The molecule has 1 aromatic carbocycles. The van der Waals surface area contributed by atoms with E-state index in [0.29, 0.717) is 5.78 Å². The highest BCUT2D eigenvalue weighted by Crippen LogP contribution is 2.20. The Morgan fingerprint density at radius 1 is 0.857 bits per heavy atom. The molecule has 0 aliphatic carbocycles. The van der Waals surface area contributed by atoms with Crippen molar-refractivity contribution in [2.45, 2.75) is 78.6 Å². The van der Waals surface area contributed by atoms with E-state index in [1.165, 1.54) is 31.2 Å². The van der Waals surface area contributed by atoms with Crippen LogP contribution in [0.15, 0.2) is 24.3 Å². The van der Waals surface area contributed by atoms with Crippen molar-refractivity contribution in [1.82, 2.24) is 0 Å². The summed E-state index contributed by atoms with van der Waals surface area (Å²) in [5.41, 5.74) is 2.27. The highest BCUT2D eigenvalue weighted by Gasteiger charge is 2.18. The lowest BCUT2D eigenvalue weighted by Crippen LogP contribution is -2.14. The summed E-state index contributed by atoms with van der Waals surface area (Å²) in [7, 11) is 0. The average molecular weight is 288 g/mol. The molecule has 0 heterocycles. The number of ketones is 1. The van der Waals surface area contributed by atoms with Gasteiger partial charge in [-0.3, -0.25) is 4.79 Å². The molecule has 1 aromatic rings. The van der Waals surface area contributed by atoms with Gasteiger partial charge in [0.1, 0.15) is 0 Å². The number of hydrogen-bond acceptors (Lipinski definition) is 1. The smallest absolute Gasteiger partial charge is 0.165 e. The van der Waals surface area contributed by atoms with E-state index in [9.17, 15) is 4.79 Å². The summed E-state index contributed by atoms with van der Waals surface area (Å²) in [6.45, 7) is 6.56. The zero-order valence-corrected chi connectivity index (χ0v) is 14.2. The molecule has 0 aliphatic heterocycles. The molecule has 0 atom stereocenters. The SMILES string of the molecule is CCCCCCc1ccc(C(=O)C(CCC)CCC)cc1. The minimum Gasteiger partial charge on any atom is -0.294 e. The maximum atomic E-state index is 12.5. The maximum absolute atomic E-state index is 12.5. The number of aryl methyl sites for hydroxylation is 1. The first-order valence-electron chi connectivity index (χ1n) is 8.86. The van der Waals surface area contributed by atoms with Crippen LogP contribution in [0.2, 0.25) is 0 Å². The highest BCUT2D eigenvalue weighted by atomic mass is 16.1. The second-order valence-electron chi connectivity index (χ2n) is 6.15. The third-order valence-corrected chi connectivity index (χ3v) is 4.20. The van der Waals surface area contributed by atoms with Crippen LogP contribution < -0.4 is 0 Å². The Balaban J connectivity index is 2.57. The Hall–Kier alpha value is -1.11. The van der Waals surface area contributed by atoms with Crippen LogP contribution in [0, 0.1) is 5.92 Å². The molecule has 21 heavy (non-hydrogen) atoms. The van der Waals surface area contributed by atoms with Crippen LogP contribution in [0.4, 0.5) is 0 Å². The van der Waals surface area contributed by atoms with Crippen LogP contribution in [-0.4, -0.2) is 5.78 Å². The molecule has 0 radical (unpaired) electrons. The maximum Gasteiger partial charge on any atom is 0.165 e. The van der Waals surface area contributed by atoms with Gasteiger partial charge in [-0.25, -0.2) is 0 Å². The first kappa shape index (κ1) is 17.9. The fourth-order valence-corrected chi connectivity index (χ4v) is 2.93. The number of benzene rings is 1. The molecule has 0 fully saturated rings. The summed E-state index contributed by atoms with van der Waals surface area (Å²) in [6.07, 6.45) is 10.5. The number of hydrogen-bond donors (Lipinski definition) is 0. The number of carbonyl (C=O) groups excluding carboxylic acids is 1. The van der Waals surface area contributed by atoms with Crippen LogP contribution in [0.5, 0.6) is 0 Å². The number of carbonyl (C=O) groups is 1. The van der Waals surface area contributed by atoms with E-state index in [1.54, 1.807) is 0 Å². The van der Waals surface area contributed by atoms with E-state index >= 15 is 0 Å². The van der Waals surface area contributed by atoms with E-state index in [0.717, 1.165) is 37.7 Å². The van der Waals surface area contributed by atoms with E-state index in [4.69, 9.17) is 0 Å². The van der Waals surface area contributed by atoms with Gasteiger partial charge in [0.2, 0.25) is 0 Å². The van der Waals surface area contributed by atoms with Gasteiger partial charge in [-0.1, -0.05) is 77.1 Å². The van der Waals surface area contributed by atoms with E-state index in [2.05, 4.69) is 32.9 Å². The van der Waals surface area contributed by atoms with Crippen molar-refractivity contribution in [2.75, 3.05) is 0 Å². The van der Waals surface area contributed by atoms with Crippen molar-refractivity contribution in [3.05, 3.63) is 35.4 Å². The molecule has 0 aliphatic rings. The molecule has 118 valence electrons. The summed E-state index contributed by atoms with van der Waals surface area (Å²) in [6, 6.07) is 8.37. The van der Waals surface area contributed by atoms with E-state index in [-0.39, 0.29) is 5.92 Å². The Morgan fingerprint density at radius 3 is 2.00 bits per heavy atom. The van der Waals surface area contributed by atoms with Crippen molar-refractivity contribution >= 4 is 5.78 Å². The molecule has 0 unspecified atom stereocenters. The number of rotatable bonds is 11. The van der Waals surface area contributed by atoms with Crippen LogP contribution in [0.3, 0.4) is 0 Å². The Bertz CT molecular complexity index is 385.